The molecule has 3 fully saturated rings. The van der Waals surface area contributed by atoms with Gasteiger partial charge in [-0.25, -0.2) is 0 Å². The molecule has 2 atom stereocenters. The average Bonchev–Trinajstić information content (AvgIpc) is 2.67. The first-order valence-corrected chi connectivity index (χ1v) is 10.5. The fraction of sp³-hybridized carbons (Fsp3) is 0.636. The lowest BCUT2D eigenvalue weighted by atomic mass is 9.65. The Labute approximate surface area is 161 Å². The average molecular weight is 370 g/mol. The van der Waals surface area contributed by atoms with Gasteiger partial charge in [0, 0.05) is 37.2 Å². The first-order valence-electron chi connectivity index (χ1n) is 10.5. The van der Waals surface area contributed by atoms with Gasteiger partial charge in [-0.3, -0.25) is 9.59 Å². The second-order valence-corrected chi connectivity index (χ2v) is 8.58. The molecule has 0 radical (unpaired) electrons. The van der Waals surface area contributed by atoms with Crippen LogP contribution in [0.25, 0.3) is 0 Å². The molecule has 1 aromatic carbocycles. The van der Waals surface area contributed by atoms with Crippen LogP contribution in [0.3, 0.4) is 0 Å². The number of nitrogens with two attached hydrogens (primary N) is 1. The standard InChI is InChI=1S/C22H31N3O2/c23-21-16-4-3-5-17(21)13-18(12-16)22(27)24-14-15-7-9-19(10-8-15)25-11-2-1-6-20(25)26/h7-10,16-18,21H,1-6,11-14,23H2,(H,24,27). The second-order valence-electron chi connectivity index (χ2n) is 8.58. The third-order valence-electron chi connectivity index (χ3n) is 6.82. The maximum absolute atomic E-state index is 12.7. The molecular formula is C22H31N3O2. The maximum atomic E-state index is 12.7. The number of piperidine rings is 1. The Kier molecular flexibility index (Phi) is 5.48. The van der Waals surface area contributed by atoms with E-state index in [2.05, 4.69) is 5.32 Å². The van der Waals surface area contributed by atoms with E-state index in [1.54, 1.807) is 0 Å². The lowest BCUT2D eigenvalue weighted by Crippen LogP contribution is -2.49. The van der Waals surface area contributed by atoms with Gasteiger partial charge in [0.2, 0.25) is 11.8 Å². The van der Waals surface area contributed by atoms with Gasteiger partial charge in [0.15, 0.2) is 0 Å². The van der Waals surface area contributed by atoms with E-state index < -0.39 is 0 Å². The molecule has 3 N–H and O–H groups in total. The van der Waals surface area contributed by atoms with Crippen molar-refractivity contribution in [2.75, 3.05) is 11.4 Å². The number of fused-ring (bicyclic) bond motifs is 2. The van der Waals surface area contributed by atoms with Crippen molar-refractivity contribution in [3.63, 3.8) is 0 Å². The van der Waals surface area contributed by atoms with Gasteiger partial charge in [-0.15, -0.1) is 0 Å². The molecule has 2 bridgehead atoms. The SMILES string of the molecule is NC1C2CCCC1CC(C(=O)NCc1ccc(N3CCCCC3=O)cc1)C2. The molecule has 3 aliphatic rings. The van der Waals surface area contributed by atoms with Crippen LogP contribution in [0.1, 0.15) is 56.9 Å². The van der Waals surface area contributed by atoms with Crippen molar-refractivity contribution in [2.24, 2.45) is 23.5 Å². The largest absolute Gasteiger partial charge is 0.352 e. The van der Waals surface area contributed by atoms with E-state index in [0.717, 1.165) is 43.5 Å². The maximum Gasteiger partial charge on any atom is 0.226 e. The van der Waals surface area contributed by atoms with E-state index in [4.69, 9.17) is 5.73 Å². The summed E-state index contributed by atoms with van der Waals surface area (Å²) in [7, 11) is 0. The zero-order valence-corrected chi connectivity index (χ0v) is 16.0. The van der Waals surface area contributed by atoms with E-state index in [-0.39, 0.29) is 17.7 Å². The minimum absolute atomic E-state index is 0.116. The summed E-state index contributed by atoms with van der Waals surface area (Å²) < 4.78 is 0. The molecule has 2 amide bonds. The Morgan fingerprint density at radius 1 is 1.07 bits per heavy atom. The predicted octanol–water partition coefficient (Wildman–Crippen LogP) is 2.97. The monoisotopic (exact) mass is 369 g/mol. The molecule has 2 saturated carbocycles. The van der Waals surface area contributed by atoms with Crippen LogP contribution in [0, 0.1) is 17.8 Å². The number of carbonyl (C=O) groups excluding carboxylic acids is 2. The van der Waals surface area contributed by atoms with Crippen LogP contribution in [0.4, 0.5) is 5.69 Å². The van der Waals surface area contributed by atoms with Crippen LogP contribution in [-0.4, -0.2) is 24.4 Å². The van der Waals surface area contributed by atoms with E-state index in [1.165, 1.54) is 19.3 Å². The fourth-order valence-electron chi connectivity index (χ4n) is 5.21. The number of nitrogens with one attached hydrogen (secondary N) is 1. The van der Waals surface area contributed by atoms with Crippen LogP contribution in [0.2, 0.25) is 0 Å². The van der Waals surface area contributed by atoms with Crippen molar-refractivity contribution >= 4 is 17.5 Å². The molecule has 1 aromatic rings. The molecule has 1 aliphatic heterocycles. The smallest absolute Gasteiger partial charge is 0.226 e. The van der Waals surface area contributed by atoms with Gasteiger partial charge in [-0.05, 0) is 68.1 Å². The number of hydrogen-bond donors (Lipinski definition) is 2. The number of hydrogen-bond acceptors (Lipinski definition) is 3. The van der Waals surface area contributed by atoms with Gasteiger partial charge in [-0.1, -0.05) is 18.6 Å². The minimum Gasteiger partial charge on any atom is -0.352 e. The van der Waals surface area contributed by atoms with Crippen molar-refractivity contribution in [1.82, 2.24) is 5.32 Å². The predicted molar refractivity (Wildman–Crippen MR) is 106 cm³/mol. The Morgan fingerprint density at radius 3 is 2.44 bits per heavy atom. The van der Waals surface area contributed by atoms with Gasteiger partial charge < -0.3 is 16.0 Å². The van der Waals surface area contributed by atoms with Crippen molar-refractivity contribution in [3.8, 4) is 0 Å². The molecule has 2 unspecified atom stereocenters. The van der Waals surface area contributed by atoms with Crippen LogP contribution in [0.5, 0.6) is 0 Å². The zero-order chi connectivity index (χ0) is 18.8. The molecule has 1 saturated heterocycles. The molecule has 2 aliphatic carbocycles. The lowest BCUT2D eigenvalue weighted by molar-refractivity contribution is -0.128. The molecular weight excluding hydrogens is 338 g/mol. The number of amides is 2. The number of benzene rings is 1. The summed E-state index contributed by atoms with van der Waals surface area (Å²) in [6.07, 6.45) is 8.22. The first kappa shape index (κ1) is 18.5. The van der Waals surface area contributed by atoms with Crippen molar-refractivity contribution in [3.05, 3.63) is 29.8 Å². The molecule has 5 heteroatoms. The number of rotatable bonds is 4. The summed E-state index contributed by atoms with van der Waals surface area (Å²) in [5, 5.41) is 3.12. The highest BCUT2D eigenvalue weighted by Crippen LogP contribution is 2.41. The lowest BCUT2D eigenvalue weighted by Gasteiger charge is -2.43. The quantitative estimate of drug-likeness (QED) is 0.857. The topological polar surface area (TPSA) is 75.4 Å². The fourth-order valence-corrected chi connectivity index (χ4v) is 5.21. The highest BCUT2D eigenvalue weighted by Gasteiger charge is 2.40. The minimum atomic E-state index is 0.116. The highest BCUT2D eigenvalue weighted by molar-refractivity contribution is 5.93. The summed E-state index contributed by atoms with van der Waals surface area (Å²) in [6.45, 7) is 1.35. The number of nitrogens with zero attached hydrogens (tertiary/aromatic N) is 1. The molecule has 0 spiro atoms. The zero-order valence-electron chi connectivity index (χ0n) is 16.0. The number of carbonyl (C=O) groups is 2. The van der Waals surface area contributed by atoms with Gasteiger partial charge in [0.05, 0.1) is 0 Å². The summed E-state index contributed by atoms with van der Waals surface area (Å²) in [5.41, 5.74) is 8.37. The molecule has 146 valence electrons. The first-order chi connectivity index (χ1) is 13.1. The molecule has 27 heavy (non-hydrogen) atoms. The van der Waals surface area contributed by atoms with Gasteiger partial charge >= 0.3 is 0 Å². The Balaban J connectivity index is 1.31. The van der Waals surface area contributed by atoms with Crippen LogP contribution >= 0.6 is 0 Å². The van der Waals surface area contributed by atoms with Gasteiger partial charge in [0.25, 0.3) is 0 Å². The summed E-state index contributed by atoms with van der Waals surface area (Å²) in [4.78, 5) is 26.6. The van der Waals surface area contributed by atoms with Crippen LogP contribution in [0.15, 0.2) is 24.3 Å². The van der Waals surface area contributed by atoms with Gasteiger partial charge in [-0.2, -0.15) is 0 Å². The Morgan fingerprint density at radius 2 is 1.78 bits per heavy atom. The van der Waals surface area contributed by atoms with E-state index in [0.29, 0.717) is 30.8 Å². The van der Waals surface area contributed by atoms with E-state index in [9.17, 15) is 9.59 Å². The Bertz CT molecular complexity index is 673. The third kappa shape index (κ3) is 4.03. The van der Waals surface area contributed by atoms with Crippen LogP contribution < -0.4 is 16.0 Å². The van der Waals surface area contributed by atoms with E-state index in [1.807, 2.05) is 29.2 Å². The van der Waals surface area contributed by atoms with Gasteiger partial charge in [0.1, 0.15) is 0 Å². The third-order valence-corrected chi connectivity index (χ3v) is 6.82. The highest BCUT2D eigenvalue weighted by atomic mass is 16.2. The molecule has 4 rings (SSSR count). The second kappa shape index (κ2) is 8.01. The van der Waals surface area contributed by atoms with Crippen molar-refractivity contribution in [2.45, 2.75) is 64.0 Å². The van der Waals surface area contributed by atoms with Crippen molar-refractivity contribution in [1.29, 1.82) is 0 Å². The molecule has 5 nitrogen and oxygen atoms in total. The van der Waals surface area contributed by atoms with E-state index >= 15 is 0 Å². The summed E-state index contributed by atoms with van der Waals surface area (Å²) in [5.74, 6) is 1.55. The molecule has 1 heterocycles. The summed E-state index contributed by atoms with van der Waals surface area (Å²) >= 11 is 0. The summed E-state index contributed by atoms with van der Waals surface area (Å²) in [6, 6.07) is 8.32. The van der Waals surface area contributed by atoms with Crippen molar-refractivity contribution < 1.29 is 9.59 Å². The van der Waals surface area contributed by atoms with Crippen LogP contribution in [-0.2, 0) is 16.1 Å². The molecule has 0 aromatic heterocycles. The number of anilines is 1. The normalized spacial score (nSPS) is 30.9. The Hall–Kier alpha value is -1.88.